The number of phosphoric acid groups is 1. The number of phosphoric ester groups is 1. The Morgan fingerprint density at radius 3 is 1.57 bits per heavy atom. The average molecular weight is 420 g/mol. The molecule has 28 heavy (non-hydrogen) atoms. The van der Waals surface area contributed by atoms with Crippen LogP contribution in [0, 0.1) is 5.92 Å². The molecule has 0 aromatic carbocycles. The third-order valence-electron chi connectivity index (χ3n) is 5.76. The minimum absolute atomic E-state index is 0.174. The summed E-state index contributed by atoms with van der Waals surface area (Å²) in [5.41, 5.74) is 0. The molecule has 168 valence electrons. The second kappa shape index (κ2) is 15.0. The molecule has 1 aliphatic carbocycles. The van der Waals surface area contributed by atoms with Crippen molar-refractivity contribution in [3.63, 3.8) is 0 Å². The van der Waals surface area contributed by atoms with Crippen LogP contribution in [0.4, 0.5) is 0 Å². The Labute approximate surface area is 174 Å². The predicted molar refractivity (Wildman–Crippen MR) is 115 cm³/mol. The van der Waals surface area contributed by atoms with Crippen LogP contribution in [0.1, 0.15) is 96.3 Å². The predicted octanol–water partition coefficient (Wildman–Crippen LogP) is 5.68. The first-order chi connectivity index (χ1) is 13.3. The molecule has 0 bridgehead atoms. The van der Waals surface area contributed by atoms with Gasteiger partial charge in [-0.05, 0) is 12.3 Å². The van der Waals surface area contributed by atoms with Gasteiger partial charge in [0.05, 0.1) is 27.7 Å². The highest BCUT2D eigenvalue weighted by molar-refractivity contribution is 7.45. The molecular weight excluding hydrogens is 373 g/mol. The third-order valence-corrected chi connectivity index (χ3v) is 6.76. The minimum atomic E-state index is -4.17. The van der Waals surface area contributed by atoms with Crippen LogP contribution >= 0.6 is 7.82 Å². The van der Waals surface area contributed by atoms with Gasteiger partial charge in [0.25, 0.3) is 7.82 Å². The Bertz CT molecular complexity index is 409. The van der Waals surface area contributed by atoms with Crippen molar-refractivity contribution in [1.29, 1.82) is 0 Å². The summed E-state index contributed by atoms with van der Waals surface area (Å²) in [4.78, 5) is 11.9. The van der Waals surface area contributed by atoms with E-state index in [1.165, 1.54) is 89.9 Å². The molecule has 1 atom stereocenters. The molecule has 1 saturated carbocycles. The number of hydrogen-bond donors (Lipinski definition) is 0. The molecule has 1 aliphatic rings. The number of hydrogen-bond acceptors (Lipinski definition) is 4. The number of nitrogens with zero attached hydrogens (tertiary/aromatic N) is 1. The van der Waals surface area contributed by atoms with Crippen LogP contribution in [-0.4, -0.2) is 45.4 Å². The quantitative estimate of drug-likeness (QED) is 0.375. The molecule has 0 aliphatic heterocycles. The fourth-order valence-corrected chi connectivity index (χ4v) is 4.57. The molecule has 6 heteroatoms. The van der Waals surface area contributed by atoms with Gasteiger partial charge in [-0.1, -0.05) is 89.9 Å². The molecule has 0 amide bonds. The maximum absolute atomic E-state index is 11.9. The average Bonchev–Trinajstić information content (AvgIpc) is 2.60. The Morgan fingerprint density at radius 1 is 0.750 bits per heavy atom. The topological polar surface area (TPSA) is 58.6 Å². The summed E-state index contributed by atoms with van der Waals surface area (Å²) >= 11 is 0. The monoisotopic (exact) mass is 419 g/mol. The zero-order valence-corrected chi connectivity index (χ0v) is 19.7. The van der Waals surface area contributed by atoms with Crippen molar-refractivity contribution >= 4 is 7.82 Å². The molecule has 0 aromatic rings. The van der Waals surface area contributed by atoms with Crippen LogP contribution in [-0.2, 0) is 13.6 Å². The van der Waals surface area contributed by atoms with Gasteiger partial charge in [-0.15, -0.1) is 0 Å². The molecule has 0 heterocycles. The van der Waals surface area contributed by atoms with E-state index in [4.69, 9.17) is 9.05 Å². The Balaban J connectivity index is 2.31. The van der Waals surface area contributed by atoms with E-state index in [1.807, 2.05) is 21.1 Å². The third kappa shape index (κ3) is 15.9. The van der Waals surface area contributed by atoms with E-state index in [0.717, 1.165) is 6.42 Å². The van der Waals surface area contributed by atoms with Crippen LogP contribution in [0.5, 0.6) is 0 Å². The molecule has 0 N–H and O–H groups in total. The Hall–Kier alpha value is 0.0700. The molecule has 5 nitrogen and oxygen atoms in total. The SMILES string of the molecule is C[N+](C)(C)CCOP(=O)([O-])OCCC1CCCCCCCCCCCCCC1. The summed E-state index contributed by atoms with van der Waals surface area (Å²) in [6, 6.07) is 0. The van der Waals surface area contributed by atoms with Crippen molar-refractivity contribution in [3.05, 3.63) is 0 Å². The van der Waals surface area contributed by atoms with E-state index >= 15 is 0 Å². The highest BCUT2D eigenvalue weighted by Crippen LogP contribution is 2.38. The largest absolute Gasteiger partial charge is 0.756 e. The van der Waals surface area contributed by atoms with Gasteiger partial charge in [0.1, 0.15) is 13.2 Å². The molecule has 0 radical (unpaired) electrons. The lowest BCUT2D eigenvalue weighted by molar-refractivity contribution is -0.870. The fraction of sp³-hybridized carbons (Fsp3) is 1.00. The van der Waals surface area contributed by atoms with Crippen LogP contribution in [0.15, 0.2) is 0 Å². The summed E-state index contributed by atoms with van der Waals surface area (Å²) in [6.45, 7) is 1.07. The molecule has 0 aromatic heterocycles. The Morgan fingerprint density at radius 2 is 1.14 bits per heavy atom. The summed E-state index contributed by atoms with van der Waals surface area (Å²) in [5, 5.41) is 0. The zero-order chi connectivity index (χ0) is 20.7. The summed E-state index contributed by atoms with van der Waals surface area (Å²) in [7, 11) is 1.86. The van der Waals surface area contributed by atoms with Crippen LogP contribution < -0.4 is 4.89 Å². The number of rotatable bonds is 8. The second-order valence-corrected chi connectivity index (χ2v) is 11.0. The van der Waals surface area contributed by atoms with Gasteiger partial charge in [0, 0.05) is 0 Å². The van der Waals surface area contributed by atoms with Gasteiger partial charge in [0.15, 0.2) is 0 Å². The van der Waals surface area contributed by atoms with Crippen molar-refractivity contribution in [2.75, 3.05) is 40.9 Å². The van der Waals surface area contributed by atoms with Gasteiger partial charge in [-0.3, -0.25) is 4.57 Å². The van der Waals surface area contributed by atoms with Crippen molar-refractivity contribution in [2.45, 2.75) is 96.3 Å². The fourth-order valence-electron chi connectivity index (χ4n) is 3.86. The van der Waals surface area contributed by atoms with E-state index in [9.17, 15) is 9.46 Å². The molecule has 1 unspecified atom stereocenters. The van der Waals surface area contributed by atoms with Crippen molar-refractivity contribution < 1.29 is 23.0 Å². The first kappa shape index (κ1) is 26.1. The zero-order valence-electron chi connectivity index (χ0n) is 18.8. The second-order valence-electron chi connectivity index (χ2n) is 9.60. The van der Waals surface area contributed by atoms with E-state index in [-0.39, 0.29) is 13.2 Å². The first-order valence-electron chi connectivity index (χ1n) is 11.7. The van der Waals surface area contributed by atoms with Crippen molar-refractivity contribution in [1.82, 2.24) is 0 Å². The van der Waals surface area contributed by atoms with E-state index in [2.05, 4.69) is 0 Å². The molecule has 1 fully saturated rings. The van der Waals surface area contributed by atoms with Gasteiger partial charge in [-0.2, -0.15) is 0 Å². The lowest BCUT2D eigenvalue weighted by Gasteiger charge is -2.27. The minimum Gasteiger partial charge on any atom is -0.756 e. The maximum atomic E-state index is 11.9. The number of quaternary nitrogens is 1. The van der Waals surface area contributed by atoms with Crippen LogP contribution in [0.3, 0.4) is 0 Å². The van der Waals surface area contributed by atoms with Gasteiger partial charge < -0.3 is 18.4 Å². The van der Waals surface area contributed by atoms with E-state index < -0.39 is 7.82 Å². The lowest BCUT2D eigenvalue weighted by atomic mass is 9.92. The standard InChI is InChI=1S/C22H46NO4P/c1-23(2,3)19-21-27-28(24,25)26-20-18-22-16-14-12-10-8-6-4-5-7-9-11-13-15-17-22/h22H,4-21H2,1-3H3. The highest BCUT2D eigenvalue weighted by atomic mass is 31.2. The van der Waals surface area contributed by atoms with Gasteiger partial charge in [0.2, 0.25) is 0 Å². The van der Waals surface area contributed by atoms with Crippen molar-refractivity contribution in [3.8, 4) is 0 Å². The van der Waals surface area contributed by atoms with Crippen LogP contribution in [0.2, 0.25) is 0 Å². The molecule has 1 rings (SSSR count). The summed E-state index contributed by atoms with van der Waals surface area (Å²) in [5.74, 6) is 0.580. The number of likely N-dealkylation sites (N-methyl/N-ethyl adjacent to an activating group) is 1. The van der Waals surface area contributed by atoms with Gasteiger partial charge >= 0.3 is 0 Å². The summed E-state index contributed by atoms with van der Waals surface area (Å²) in [6.07, 6.45) is 19.4. The van der Waals surface area contributed by atoms with E-state index in [0.29, 0.717) is 16.9 Å². The highest BCUT2D eigenvalue weighted by Gasteiger charge is 2.15. The van der Waals surface area contributed by atoms with Crippen LogP contribution in [0.25, 0.3) is 0 Å². The summed E-state index contributed by atoms with van der Waals surface area (Å²) < 4.78 is 22.8. The van der Waals surface area contributed by atoms with Crippen molar-refractivity contribution in [2.24, 2.45) is 5.92 Å². The molecular formula is C22H46NO4P. The Kier molecular flexibility index (Phi) is 13.9. The normalized spacial score (nSPS) is 22.1. The smallest absolute Gasteiger partial charge is 0.268 e. The molecule has 0 saturated heterocycles. The van der Waals surface area contributed by atoms with E-state index in [1.54, 1.807) is 0 Å². The lowest BCUT2D eigenvalue weighted by Crippen LogP contribution is -2.37. The van der Waals surface area contributed by atoms with Gasteiger partial charge in [-0.25, -0.2) is 0 Å². The first-order valence-corrected chi connectivity index (χ1v) is 13.2. The maximum Gasteiger partial charge on any atom is 0.268 e. The molecule has 0 spiro atoms.